The van der Waals surface area contributed by atoms with Crippen LogP contribution in [0.5, 0.6) is 0 Å². The van der Waals surface area contributed by atoms with E-state index >= 15 is 0 Å². The molecule has 1 N–H and O–H groups in total. The lowest BCUT2D eigenvalue weighted by molar-refractivity contribution is -0.148. The van der Waals surface area contributed by atoms with Crippen LogP contribution in [0, 0.1) is 12.7 Å². The van der Waals surface area contributed by atoms with Gasteiger partial charge in [0.15, 0.2) is 6.10 Å². The molecule has 0 bridgehead atoms. The molecule has 0 aromatic heterocycles. The molecule has 130 valence electrons. The monoisotopic (exact) mass is 361 g/mol. The van der Waals surface area contributed by atoms with Crippen molar-refractivity contribution in [2.24, 2.45) is 0 Å². The molecule has 0 spiro atoms. The number of halogens is 2. The third-order valence-electron chi connectivity index (χ3n) is 3.33. The lowest BCUT2D eigenvalue weighted by Crippen LogP contribution is -2.29. The highest BCUT2D eigenvalue weighted by Gasteiger charge is 2.17. The Bertz CT molecular complexity index is 800. The molecule has 6 heteroatoms. The molecule has 0 aliphatic rings. The number of benzene rings is 2. The third-order valence-corrected chi connectivity index (χ3v) is 3.66. The zero-order valence-electron chi connectivity index (χ0n) is 13.8. The number of amides is 1. The second kappa shape index (κ2) is 8.44. The van der Waals surface area contributed by atoms with E-state index < -0.39 is 23.8 Å². The summed E-state index contributed by atoms with van der Waals surface area (Å²) in [4.78, 5) is 23.9. The molecule has 0 radical (unpaired) electrons. The SMILES string of the molecule is Cc1cccc(NC(=O)C(C)OC(=O)/C=C/c2c(F)cccc2Cl)c1. The van der Waals surface area contributed by atoms with Crippen LogP contribution in [-0.2, 0) is 14.3 Å². The lowest BCUT2D eigenvalue weighted by Gasteiger charge is -2.12. The number of ether oxygens (including phenoxy) is 1. The molecule has 2 rings (SSSR count). The molecule has 25 heavy (non-hydrogen) atoms. The summed E-state index contributed by atoms with van der Waals surface area (Å²) in [6.45, 7) is 3.35. The Morgan fingerprint density at radius 1 is 1.24 bits per heavy atom. The number of carbonyl (C=O) groups is 2. The van der Waals surface area contributed by atoms with Crippen molar-refractivity contribution in [3.05, 3.63) is 70.5 Å². The first-order valence-corrected chi connectivity index (χ1v) is 7.95. The van der Waals surface area contributed by atoms with Gasteiger partial charge in [-0.05, 0) is 49.8 Å². The number of hydrogen-bond acceptors (Lipinski definition) is 3. The third kappa shape index (κ3) is 5.43. The van der Waals surface area contributed by atoms with Gasteiger partial charge in [0.25, 0.3) is 5.91 Å². The summed E-state index contributed by atoms with van der Waals surface area (Å²) in [6.07, 6.45) is 1.24. The minimum Gasteiger partial charge on any atom is -0.449 e. The Hall–Kier alpha value is -2.66. The standard InChI is InChI=1S/C19H17ClFNO3/c1-12-5-3-6-14(11-12)22-19(24)13(2)25-18(23)10-9-15-16(20)7-4-8-17(15)21/h3-11,13H,1-2H3,(H,22,24)/b10-9+. The van der Waals surface area contributed by atoms with Crippen molar-refractivity contribution in [3.8, 4) is 0 Å². The van der Waals surface area contributed by atoms with Crippen LogP contribution in [0.1, 0.15) is 18.1 Å². The number of anilines is 1. The van der Waals surface area contributed by atoms with Crippen LogP contribution < -0.4 is 5.32 Å². The summed E-state index contributed by atoms with van der Waals surface area (Å²) < 4.78 is 18.6. The molecule has 1 amide bonds. The van der Waals surface area contributed by atoms with E-state index in [0.29, 0.717) is 5.69 Å². The van der Waals surface area contributed by atoms with E-state index in [1.54, 1.807) is 12.1 Å². The first-order chi connectivity index (χ1) is 11.9. The van der Waals surface area contributed by atoms with Crippen molar-refractivity contribution in [2.75, 3.05) is 5.32 Å². The van der Waals surface area contributed by atoms with Crippen molar-refractivity contribution in [1.29, 1.82) is 0 Å². The molecule has 1 unspecified atom stereocenters. The Morgan fingerprint density at radius 3 is 2.64 bits per heavy atom. The summed E-state index contributed by atoms with van der Waals surface area (Å²) in [7, 11) is 0. The first-order valence-electron chi connectivity index (χ1n) is 7.57. The van der Waals surface area contributed by atoms with Crippen molar-refractivity contribution < 1.29 is 18.7 Å². The second-order valence-corrected chi connectivity index (χ2v) is 5.81. The highest BCUT2D eigenvalue weighted by molar-refractivity contribution is 6.32. The van der Waals surface area contributed by atoms with Gasteiger partial charge in [-0.1, -0.05) is 29.8 Å². The fourth-order valence-electron chi connectivity index (χ4n) is 2.06. The van der Waals surface area contributed by atoms with E-state index in [0.717, 1.165) is 11.6 Å². The van der Waals surface area contributed by atoms with Gasteiger partial charge in [0.1, 0.15) is 5.82 Å². The predicted molar refractivity (Wildman–Crippen MR) is 95.8 cm³/mol. The fraction of sp³-hybridized carbons (Fsp3) is 0.158. The van der Waals surface area contributed by atoms with Crippen LogP contribution >= 0.6 is 11.6 Å². The van der Waals surface area contributed by atoms with Gasteiger partial charge in [-0.2, -0.15) is 0 Å². The zero-order chi connectivity index (χ0) is 18.4. The molecule has 0 heterocycles. The minimum absolute atomic E-state index is 0.0815. The Morgan fingerprint density at radius 2 is 1.96 bits per heavy atom. The number of rotatable bonds is 5. The molecule has 2 aromatic rings. The molecule has 0 saturated carbocycles. The number of nitrogens with one attached hydrogen (secondary N) is 1. The van der Waals surface area contributed by atoms with Gasteiger partial charge < -0.3 is 10.1 Å². The van der Waals surface area contributed by atoms with E-state index in [1.807, 2.05) is 19.1 Å². The van der Waals surface area contributed by atoms with Crippen molar-refractivity contribution >= 4 is 35.2 Å². The molecular weight excluding hydrogens is 345 g/mol. The normalized spacial score (nSPS) is 12.0. The summed E-state index contributed by atoms with van der Waals surface area (Å²) >= 11 is 5.86. The predicted octanol–water partition coefficient (Wildman–Crippen LogP) is 4.37. The number of aryl methyl sites for hydroxylation is 1. The maximum Gasteiger partial charge on any atom is 0.331 e. The summed E-state index contributed by atoms with van der Waals surface area (Å²) in [5.74, 6) is -1.79. The van der Waals surface area contributed by atoms with E-state index in [9.17, 15) is 14.0 Å². The highest BCUT2D eigenvalue weighted by Crippen LogP contribution is 2.20. The maximum absolute atomic E-state index is 13.6. The maximum atomic E-state index is 13.6. The van der Waals surface area contributed by atoms with Crippen LogP contribution in [0.3, 0.4) is 0 Å². The number of esters is 1. The molecule has 0 aliphatic heterocycles. The van der Waals surface area contributed by atoms with Gasteiger partial charge in [0, 0.05) is 17.3 Å². The molecule has 2 aromatic carbocycles. The van der Waals surface area contributed by atoms with Crippen LogP contribution in [0.25, 0.3) is 6.08 Å². The lowest BCUT2D eigenvalue weighted by atomic mass is 10.2. The van der Waals surface area contributed by atoms with Gasteiger partial charge in [-0.3, -0.25) is 4.79 Å². The van der Waals surface area contributed by atoms with E-state index in [1.165, 1.54) is 31.2 Å². The number of carbonyl (C=O) groups excluding carboxylic acids is 2. The van der Waals surface area contributed by atoms with Crippen molar-refractivity contribution in [1.82, 2.24) is 0 Å². The van der Waals surface area contributed by atoms with E-state index in [-0.39, 0.29) is 10.6 Å². The van der Waals surface area contributed by atoms with Crippen LogP contribution in [0.15, 0.2) is 48.5 Å². The van der Waals surface area contributed by atoms with Gasteiger partial charge in [0.2, 0.25) is 0 Å². The average molecular weight is 362 g/mol. The van der Waals surface area contributed by atoms with E-state index in [4.69, 9.17) is 16.3 Å². The largest absolute Gasteiger partial charge is 0.449 e. The fourth-order valence-corrected chi connectivity index (χ4v) is 2.28. The molecule has 0 fully saturated rings. The number of hydrogen-bond donors (Lipinski definition) is 1. The molecule has 4 nitrogen and oxygen atoms in total. The van der Waals surface area contributed by atoms with Gasteiger partial charge in [0.05, 0.1) is 5.02 Å². The second-order valence-electron chi connectivity index (χ2n) is 5.41. The zero-order valence-corrected chi connectivity index (χ0v) is 14.5. The summed E-state index contributed by atoms with van der Waals surface area (Å²) in [5.41, 5.74) is 1.69. The highest BCUT2D eigenvalue weighted by atomic mass is 35.5. The van der Waals surface area contributed by atoms with Gasteiger partial charge in [-0.15, -0.1) is 0 Å². The Labute approximate surface area is 150 Å². The smallest absolute Gasteiger partial charge is 0.331 e. The van der Waals surface area contributed by atoms with Gasteiger partial charge >= 0.3 is 5.97 Å². The Kier molecular flexibility index (Phi) is 6.31. The van der Waals surface area contributed by atoms with Gasteiger partial charge in [-0.25, -0.2) is 9.18 Å². The molecule has 1 atom stereocenters. The van der Waals surface area contributed by atoms with Crippen LogP contribution in [0.4, 0.5) is 10.1 Å². The van der Waals surface area contributed by atoms with Crippen molar-refractivity contribution in [2.45, 2.75) is 20.0 Å². The molecule has 0 aliphatic carbocycles. The first kappa shape index (κ1) is 18.7. The van der Waals surface area contributed by atoms with Crippen LogP contribution in [-0.4, -0.2) is 18.0 Å². The minimum atomic E-state index is -1.01. The molecule has 0 saturated heterocycles. The van der Waals surface area contributed by atoms with Crippen LogP contribution in [0.2, 0.25) is 5.02 Å². The Balaban J connectivity index is 1.95. The topological polar surface area (TPSA) is 55.4 Å². The average Bonchev–Trinajstić information content (AvgIpc) is 2.54. The summed E-state index contributed by atoms with van der Waals surface area (Å²) in [6, 6.07) is 11.4. The summed E-state index contributed by atoms with van der Waals surface area (Å²) in [5, 5.41) is 2.83. The molecular formula is C19H17ClFNO3. The van der Waals surface area contributed by atoms with E-state index in [2.05, 4.69) is 5.32 Å². The quantitative estimate of drug-likeness (QED) is 0.635. The van der Waals surface area contributed by atoms with Crippen molar-refractivity contribution in [3.63, 3.8) is 0 Å².